The predicted molar refractivity (Wildman–Crippen MR) is 102 cm³/mol. The minimum atomic E-state index is -0.945. The van der Waals surface area contributed by atoms with E-state index in [0.29, 0.717) is 17.4 Å². The summed E-state index contributed by atoms with van der Waals surface area (Å²) in [6.45, 7) is 0. The van der Waals surface area contributed by atoms with Gasteiger partial charge >= 0.3 is 0 Å². The Kier molecular flexibility index (Phi) is 4.52. The second-order valence-corrected chi connectivity index (χ2v) is 6.29. The number of rotatable bonds is 4. The van der Waals surface area contributed by atoms with Gasteiger partial charge in [-0.15, -0.1) is 0 Å². The Balaban J connectivity index is 1.85. The Morgan fingerprint density at radius 3 is 2.00 bits per heavy atom. The number of nitrogens with zero attached hydrogens (tertiary/aromatic N) is 1. The van der Waals surface area contributed by atoms with Crippen LogP contribution in [0.15, 0.2) is 72.3 Å². The summed E-state index contributed by atoms with van der Waals surface area (Å²) in [5, 5.41) is 15.5. The number of aromatic hydroxyl groups is 1. The fourth-order valence-electron chi connectivity index (χ4n) is 2.98. The van der Waals surface area contributed by atoms with E-state index < -0.39 is 23.2 Å². The lowest BCUT2D eigenvalue weighted by atomic mass is 9.96. The molecule has 0 spiro atoms. The van der Waals surface area contributed by atoms with Crippen molar-refractivity contribution in [1.29, 1.82) is 0 Å². The van der Waals surface area contributed by atoms with Crippen LogP contribution in [0.1, 0.15) is 20.7 Å². The van der Waals surface area contributed by atoms with Gasteiger partial charge in [0.25, 0.3) is 0 Å². The van der Waals surface area contributed by atoms with E-state index in [1.807, 2.05) is 0 Å². The largest absolute Gasteiger partial charge is 0.506 e. The standard InChI is InChI=1S/C21H13F2N3O3/c22-13-5-11(6-14(23)8-13)19(28)18(20(29)12-7-15(27)10-24-9-12)21-25-16-3-1-2-4-17(16)26-21/h1-10,25-27H. The van der Waals surface area contributed by atoms with Gasteiger partial charge in [0.1, 0.15) is 28.8 Å². The van der Waals surface area contributed by atoms with Gasteiger partial charge in [0, 0.05) is 23.4 Å². The van der Waals surface area contributed by atoms with Crippen molar-refractivity contribution in [2.24, 2.45) is 0 Å². The minimum Gasteiger partial charge on any atom is -0.506 e. The van der Waals surface area contributed by atoms with Crippen LogP contribution in [-0.4, -0.2) is 21.7 Å². The highest BCUT2D eigenvalue weighted by atomic mass is 19.1. The second kappa shape index (κ2) is 7.16. The SMILES string of the molecule is O=C(C(C(=O)c1cc(F)cc(F)c1)=C1Nc2ccccc2N1)c1cncc(O)c1. The van der Waals surface area contributed by atoms with Crippen molar-refractivity contribution in [3.8, 4) is 5.75 Å². The molecule has 0 amide bonds. The van der Waals surface area contributed by atoms with E-state index >= 15 is 0 Å². The van der Waals surface area contributed by atoms with Crippen LogP contribution >= 0.6 is 0 Å². The normalized spacial score (nSPS) is 12.0. The number of aromatic nitrogens is 1. The lowest BCUT2D eigenvalue weighted by Gasteiger charge is -2.11. The maximum Gasteiger partial charge on any atom is 0.202 e. The van der Waals surface area contributed by atoms with Gasteiger partial charge in [-0.05, 0) is 30.3 Å². The molecule has 0 atom stereocenters. The van der Waals surface area contributed by atoms with E-state index in [1.54, 1.807) is 24.3 Å². The Hall–Kier alpha value is -4.07. The molecule has 8 heteroatoms. The molecule has 0 unspecified atom stereocenters. The quantitative estimate of drug-likeness (QED) is 0.270. The predicted octanol–water partition coefficient (Wildman–Crippen LogP) is 3.88. The number of fused-ring (bicyclic) bond motifs is 1. The van der Waals surface area contributed by atoms with Gasteiger partial charge in [-0.1, -0.05) is 12.1 Å². The summed E-state index contributed by atoms with van der Waals surface area (Å²) in [6, 6.07) is 10.5. The zero-order valence-corrected chi connectivity index (χ0v) is 14.7. The third-order valence-electron chi connectivity index (χ3n) is 4.26. The average molecular weight is 393 g/mol. The molecular weight excluding hydrogens is 380 g/mol. The molecule has 4 rings (SSSR count). The van der Waals surface area contributed by atoms with Crippen LogP contribution in [0.3, 0.4) is 0 Å². The fourth-order valence-corrected chi connectivity index (χ4v) is 2.98. The first-order valence-electron chi connectivity index (χ1n) is 8.49. The van der Waals surface area contributed by atoms with Crippen molar-refractivity contribution < 1.29 is 23.5 Å². The second-order valence-electron chi connectivity index (χ2n) is 6.29. The highest BCUT2D eigenvalue weighted by Gasteiger charge is 2.30. The number of pyridine rings is 1. The van der Waals surface area contributed by atoms with Crippen LogP contribution in [0.2, 0.25) is 0 Å². The Labute approximate surface area is 163 Å². The number of benzene rings is 2. The number of halogens is 2. The molecule has 1 aromatic heterocycles. The number of nitrogens with one attached hydrogen (secondary N) is 2. The number of anilines is 2. The van der Waals surface area contributed by atoms with Crippen LogP contribution in [0.25, 0.3) is 0 Å². The number of Topliss-reactive ketones (excluding diaryl/α,β-unsaturated/α-hetero) is 2. The van der Waals surface area contributed by atoms with Crippen LogP contribution in [-0.2, 0) is 0 Å². The molecule has 2 heterocycles. The summed E-state index contributed by atoms with van der Waals surface area (Å²) in [6.07, 6.45) is 2.32. The van der Waals surface area contributed by atoms with Gasteiger partial charge < -0.3 is 15.7 Å². The minimum absolute atomic E-state index is 0.0581. The van der Waals surface area contributed by atoms with Crippen molar-refractivity contribution in [1.82, 2.24) is 4.98 Å². The maximum atomic E-state index is 13.7. The molecule has 0 aliphatic carbocycles. The Morgan fingerprint density at radius 1 is 0.828 bits per heavy atom. The molecule has 3 aromatic rings. The molecule has 3 N–H and O–H groups in total. The van der Waals surface area contributed by atoms with E-state index in [4.69, 9.17) is 0 Å². The van der Waals surface area contributed by atoms with Crippen molar-refractivity contribution in [3.63, 3.8) is 0 Å². The van der Waals surface area contributed by atoms with E-state index in [0.717, 1.165) is 24.4 Å². The topological polar surface area (TPSA) is 91.3 Å². The molecule has 0 radical (unpaired) electrons. The van der Waals surface area contributed by atoms with Gasteiger partial charge in [-0.2, -0.15) is 0 Å². The van der Waals surface area contributed by atoms with E-state index in [1.165, 1.54) is 6.20 Å². The van der Waals surface area contributed by atoms with E-state index in [9.17, 15) is 23.5 Å². The third-order valence-corrected chi connectivity index (χ3v) is 4.26. The molecule has 2 aromatic carbocycles. The fraction of sp³-hybridized carbons (Fsp3) is 0. The van der Waals surface area contributed by atoms with Gasteiger partial charge in [-0.25, -0.2) is 8.78 Å². The lowest BCUT2D eigenvalue weighted by molar-refractivity contribution is 0.0960. The number of hydrogen-bond donors (Lipinski definition) is 3. The first kappa shape index (κ1) is 18.3. The highest BCUT2D eigenvalue weighted by Crippen LogP contribution is 2.32. The number of carbonyl (C=O) groups is 2. The Bertz CT molecular complexity index is 1140. The summed E-state index contributed by atoms with van der Waals surface area (Å²) in [5.74, 6) is -3.75. The molecule has 0 fully saturated rings. The molecule has 1 aliphatic rings. The number of para-hydroxylation sites is 2. The molecule has 0 bridgehead atoms. The average Bonchev–Trinajstić information content (AvgIpc) is 3.10. The van der Waals surface area contributed by atoms with Gasteiger partial charge in [0.05, 0.1) is 17.6 Å². The lowest BCUT2D eigenvalue weighted by Crippen LogP contribution is -2.21. The summed E-state index contributed by atoms with van der Waals surface area (Å²) in [4.78, 5) is 30.0. The summed E-state index contributed by atoms with van der Waals surface area (Å²) >= 11 is 0. The van der Waals surface area contributed by atoms with Crippen molar-refractivity contribution in [2.45, 2.75) is 0 Å². The number of allylic oxidation sites excluding steroid dienone is 1. The van der Waals surface area contributed by atoms with Gasteiger partial charge in [0.15, 0.2) is 0 Å². The molecule has 144 valence electrons. The van der Waals surface area contributed by atoms with Crippen molar-refractivity contribution in [3.05, 3.63) is 95.1 Å². The molecule has 1 aliphatic heterocycles. The summed E-state index contributed by atoms with van der Waals surface area (Å²) < 4.78 is 27.3. The summed E-state index contributed by atoms with van der Waals surface area (Å²) in [5.41, 5.74) is 0.488. The number of hydrogen-bond acceptors (Lipinski definition) is 6. The number of ketones is 2. The van der Waals surface area contributed by atoms with Crippen molar-refractivity contribution in [2.75, 3.05) is 10.6 Å². The number of carbonyl (C=O) groups excluding carboxylic acids is 2. The zero-order chi connectivity index (χ0) is 20.5. The molecule has 0 saturated carbocycles. The van der Waals surface area contributed by atoms with Crippen LogP contribution < -0.4 is 10.6 Å². The van der Waals surface area contributed by atoms with Crippen LogP contribution in [0.4, 0.5) is 20.2 Å². The smallest absolute Gasteiger partial charge is 0.202 e. The van der Waals surface area contributed by atoms with Gasteiger partial charge in [-0.3, -0.25) is 14.6 Å². The molecular formula is C21H13F2N3O3. The Morgan fingerprint density at radius 2 is 1.41 bits per heavy atom. The van der Waals surface area contributed by atoms with E-state index in [2.05, 4.69) is 15.6 Å². The van der Waals surface area contributed by atoms with Crippen molar-refractivity contribution >= 4 is 22.9 Å². The maximum absolute atomic E-state index is 13.7. The third kappa shape index (κ3) is 3.55. The van der Waals surface area contributed by atoms with E-state index in [-0.39, 0.29) is 28.3 Å². The monoisotopic (exact) mass is 393 g/mol. The molecule has 0 saturated heterocycles. The van der Waals surface area contributed by atoms with Crippen LogP contribution in [0, 0.1) is 11.6 Å². The first-order valence-corrected chi connectivity index (χ1v) is 8.49. The summed E-state index contributed by atoms with van der Waals surface area (Å²) in [7, 11) is 0. The first-order chi connectivity index (χ1) is 13.9. The van der Waals surface area contributed by atoms with Gasteiger partial charge in [0.2, 0.25) is 11.6 Å². The van der Waals surface area contributed by atoms with Crippen LogP contribution in [0.5, 0.6) is 5.75 Å². The molecule has 6 nitrogen and oxygen atoms in total. The zero-order valence-electron chi connectivity index (χ0n) is 14.7. The highest BCUT2D eigenvalue weighted by molar-refractivity contribution is 6.32. The molecule has 29 heavy (non-hydrogen) atoms.